The van der Waals surface area contributed by atoms with Crippen molar-refractivity contribution >= 4 is 23.4 Å². The van der Waals surface area contributed by atoms with E-state index in [0.29, 0.717) is 34.8 Å². The molecule has 1 saturated heterocycles. The van der Waals surface area contributed by atoms with Crippen LogP contribution in [0.15, 0.2) is 36.4 Å². The van der Waals surface area contributed by atoms with E-state index in [1.54, 1.807) is 49.1 Å². The fourth-order valence-corrected chi connectivity index (χ4v) is 3.21. The lowest BCUT2D eigenvalue weighted by molar-refractivity contribution is -0.127. The van der Waals surface area contributed by atoms with Gasteiger partial charge in [-0.2, -0.15) is 0 Å². The van der Waals surface area contributed by atoms with Crippen LogP contribution in [0.5, 0.6) is 0 Å². The van der Waals surface area contributed by atoms with Gasteiger partial charge in [0.25, 0.3) is 5.91 Å². The molecule has 25 heavy (non-hydrogen) atoms. The molecule has 130 valence electrons. The molecule has 2 amide bonds. The number of piperazine rings is 1. The molecule has 0 bridgehead atoms. The molecular weight excluding hydrogens is 343 g/mol. The van der Waals surface area contributed by atoms with Crippen molar-refractivity contribution < 1.29 is 14.0 Å². The zero-order valence-corrected chi connectivity index (χ0v) is 14.7. The van der Waals surface area contributed by atoms with E-state index >= 15 is 0 Å². The Morgan fingerprint density at radius 2 is 1.96 bits per heavy atom. The van der Waals surface area contributed by atoms with Gasteiger partial charge >= 0.3 is 0 Å². The molecule has 2 aromatic carbocycles. The number of amides is 2. The van der Waals surface area contributed by atoms with Crippen molar-refractivity contribution in [1.29, 1.82) is 0 Å². The van der Waals surface area contributed by atoms with Crippen molar-refractivity contribution in [2.24, 2.45) is 0 Å². The topological polar surface area (TPSA) is 49.4 Å². The first-order valence-electron chi connectivity index (χ1n) is 8.03. The lowest BCUT2D eigenvalue weighted by atomic mass is 10.0. The van der Waals surface area contributed by atoms with Gasteiger partial charge in [0.1, 0.15) is 11.9 Å². The minimum Gasteiger partial charge on any atom is -0.353 e. The first-order chi connectivity index (χ1) is 11.9. The molecule has 0 unspecified atom stereocenters. The van der Waals surface area contributed by atoms with Gasteiger partial charge in [0.05, 0.1) is 0 Å². The van der Waals surface area contributed by atoms with Crippen molar-refractivity contribution in [2.75, 3.05) is 13.1 Å². The minimum atomic E-state index is -0.499. The van der Waals surface area contributed by atoms with Gasteiger partial charge in [-0.1, -0.05) is 23.7 Å². The summed E-state index contributed by atoms with van der Waals surface area (Å²) in [6.07, 6.45) is 0. The number of hydrogen-bond acceptors (Lipinski definition) is 2. The highest BCUT2D eigenvalue weighted by Crippen LogP contribution is 2.30. The maximum Gasteiger partial charge on any atom is 0.254 e. The highest BCUT2D eigenvalue weighted by Gasteiger charge is 2.29. The number of halogens is 2. The Balaban J connectivity index is 1.86. The van der Waals surface area contributed by atoms with E-state index in [4.69, 9.17) is 11.6 Å². The van der Waals surface area contributed by atoms with Gasteiger partial charge < -0.3 is 10.2 Å². The van der Waals surface area contributed by atoms with Gasteiger partial charge in [-0.15, -0.1) is 0 Å². The summed E-state index contributed by atoms with van der Waals surface area (Å²) in [4.78, 5) is 25.9. The summed E-state index contributed by atoms with van der Waals surface area (Å²) in [7, 11) is 0. The van der Waals surface area contributed by atoms with Crippen molar-refractivity contribution in [2.45, 2.75) is 19.9 Å². The molecule has 1 heterocycles. The number of carbonyl (C=O) groups is 2. The van der Waals surface area contributed by atoms with E-state index in [1.165, 1.54) is 6.07 Å². The zero-order chi connectivity index (χ0) is 18.1. The number of nitrogens with zero attached hydrogens (tertiary/aromatic N) is 1. The maximum atomic E-state index is 13.8. The number of rotatable bonds is 2. The van der Waals surface area contributed by atoms with Gasteiger partial charge in [-0.25, -0.2) is 4.39 Å². The van der Waals surface area contributed by atoms with Crippen LogP contribution in [0.25, 0.3) is 11.1 Å². The molecule has 0 saturated carbocycles. The van der Waals surface area contributed by atoms with Gasteiger partial charge in [0.15, 0.2) is 0 Å². The Labute approximate surface area is 150 Å². The smallest absolute Gasteiger partial charge is 0.254 e. The van der Waals surface area contributed by atoms with E-state index in [9.17, 15) is 14.0 Å². The summed E-state index contributed by atoms with van der Waals surface area (Å²) in [6.45, 7) is 4.28. The Bertz CT molecular complexity index is 836. The van der Waals surface area contributed by atoms with Crippen LogP contribution >= 0.6 is 11.6 Å². The van der Waals surface area contributed by atoms with Gasteiger partial charge in [0, 0.05) is 29.2 Å². The van der Waals surface area contributed by atoms with Crippen LogP contribution in [-0.2, 0) is 4.79 Å². The van der Waals surface area contributed by atoms with E-state index < -0.39 is 6.04 Å². The van der Waals surface area contributed by atoms with Crippen LogP contribution < -0.4 is 5.32 Å². The van der Waals surface area contributed by atoms with Crippen LogP contribution in [0.3, 0.4) is 0 Å². The van der Waals surface area contributed by atoms with Crippen molar-refractivity contribution in [3.63, 3.8) is 0 Å². The molecule has 0 radical (unpaired) electrons. The monoisotopic (exact) mass is 360 g/mol. The van der Waals surface area contributed by atoms with Crippen LogP contribution in [0.1, 0.15) is 22.8 Å². The van der Waals surface area contributed by atoms with Gasteiger partial charge in [-0.05, 0) is 49.2 Å². The van der Waals surface area contributed by atoms with Crippen LogP contribution in [0.2, 0.25) is 5.02 Å². The second-order valence-electron chi connectivity index (χ2n) is 6.12. The molecule has 0 aliphatic carbocycles. The molecule has 1 fully saturated rings. The molecule has 6 heteroatoms. The predicted molar refractivity (Wildman–Crippen MR) is 95.1 cm³/mol. The molecule has 1 aliphatic heterocycles. The molecule has 1 atom stereocenters. The van der Waals surface area contributed by atoms with Crippen molar-refractivity contribution in [3.8, 4) is 11.1 Å². The number of aryl methyl sites for hydroxylation is 1. The molecule has 3 rings (SSSR count). The zero-order valence-electron chi connectivity index (χ0n) is 14.0. The Hall–Kier alpha value is -2.40. The first-order valence-corrected chi connectivity index (χ1v) is 8.41. The Morgan fingerprint density at radius 3 is 2.64 bits per heavy atom. The second kappa shape index (κ2) is 6.84. The first kappa shape index (κ1) is 17.4. The third kappa shape index (κ3) is 3.37. The summed E-state index contributed by atoms with van der Waals surface area (Å²) in [5, 5.41) is 3.19. The molecule has 1 aliphatic rings. The van der Waals surface area contributed by atoms with Crippen molar-refractivity contribution in [3.05, 3.63) is 58.4 Å². The van der Waals surface area contributed by atoms with Crippen LogP contribution in [-0.4, -0.2) is 35.8 Å². The summed E-state index contributed by atoms with van der Waals surface area (Å²) < 4.78 is 13.8. The number of carbonyl (C=O) groups excluding carboxylic acids is 2. The van der Waals surface area contributed by atoms with E-state index in [0.717, 1.165) is 5.56 Å². The van der Waals surface area contributed by atoms with Crippen LogP contribution in [0.4, 0.5) is 4.39 Å². The average Bonchev–Trinajstić information content (AvgIpc) is 2.60. The number of nitrogens with one attached hydrogen (secondary N) is 1. The summed E-state index contributed by atoms with van der Waals surface area (Å²) in [5.41, 5.74) is 2.27. The fourth-order valence-electron chi connectivity index (χ4n) is 2.89. The second-order valence-corrected chi connectivity index (χ2v) is 6.53. The van der Waals surface area contributed by atoms with Gasteiger partial charge in [-0.3, -0.25) is 9.59 Å². The van der Waals surface area contributed by atoms with E-state index in [2.05, 4.69) is 5.32 Å². The molecule has 1 N–H and O–H groups in total. The molecule has 2 aromatic rings. The molecule has 0 spiro atoms. The SMILES string of the molecule is Cc1cc(Cl)c(-c2ccc(C(=O)N3CCNC(=O)[C@@H]3C)cc2)cc1F. The fraction of sp³-hybridized carbons (Fsp3) is 0.263. The standard InChI is InChI=1S/C19H18ClFN2O2/c1-11-9-16(20)15(10-17(11)21)13-3-5-14(6-4-13)19(25)23-8-7-22-18(24)12(23)2/h3-6,9-10,12H,7-8H2,1-2H3,(H,22,24)/t12-/m0/s1. The Kier molecular flexibility index (Phi) is 4.77. The molecule has 4 nitrogen and oxygen atoms in total. The largest absolute Gasteiger partial charge is 0.353 e. The average molecular weight is 361 g/mol. The molecular formula is C19H18ClFN2O2. The highest BCUT2D eigenvalue weighted by molar-refractivity contribution is 6.33. The number of benzene rings is 2. The summed E-state index contributed by atoms with van der Waals surface area (Å²) in [6, 6.07) is 9.29. The maximum absolute atomic E-state index is 13.8. The predicted octanol–water partition coefficient (Wildman–Crippen LogP) is 3.42. The third-order valence-corrected chi connectivity index (χ3v) is 4.76. The summed E-state index contributed by atoms with van der Waals surface area (Å²) in [5.74, 6) is -0.680. The minimum absolute atomic E-state index is 0.155. The Morgan fingerprint density at radius 1 is 1.28 bits per heavy atom. The quantitative estimate of drug-likeness (QED) is 0.892. The summed E-state index contributed by atoms with van der Waals surface area (Å²) >= 11 is 6.21. The lowest BCUT2D eigenvalue weighted by Crippen LogP contribution is -2.55. The van der Waals surface area contributed by atoms with Crippen molar-refractivity contribution in [1.82, 2.24) is 10.2 Å². The lowest BCUT2D eigenvalue weighted by Gasteiger charge is -2.32. The highest BCUT2D eigenvalue weighted by atomic mass is 35.5. The van der Waals surface area contributed by atoms with Gasteiger partial charge in [0.2, 0.25) is 5.91 Å². The van der Waals surface area contributed by atoms with Crippen LogP contribution in [0, 0.1) is 12.7 Å². The third-order valence-electron chi connectivity index (χ3n) is 4.45. The molecule has 0 aromatic heterocycles. The van der Waals surface area contributed by atoms with E-state index in [1.807, 2.05) is 0 Å². The van der Waals surface area contributed by atoms with E-state index in [-0.39, 0.29) is 17.6 Å². The number of hydrogen-bond donors (Lipinski definition) is 1. The normalized spacial score (nSPS) is 17.4.